The van der Waals surface area contributed by atoms with Crippen molar-refractivity contribution in [1.82, 2.24) is 10.3 Å². The number of aromatic hydroxyl groups is 2. The number of aryl methyl sites for hydroxylation is 2. The molecule has 0 saturated heterocycles. The molecule has 0 saturated carbocycles. The van der Waals surface area contributed by atoms with Crippen molar-refractivity contribution in [2.24, 2.45) is 0 Å². The summed E-state index contributed by atoms with van der Waals surface area (Å²) in [5, 5.41) is 44.8. The van der Waals surface area contributed by atoms with Gasteiger partial charge in [0.25, 0.3) is 0 Å². The van der Waals surface area contributed by atoms with Crippen molar-refractivity contribution < 1.29 is 25.2 Å². The van der Waals surface area contributed by atoms with E-state index in [-0.39, 0.29) is 22.6 Å². The molecule has 8 nitrogen and oxygen atoms in total. The molecule has 1 atom stereocenters. The van der Waals surface area contributed by atoms with Crippen LogP contribution in [0.15, 0.2) is 77.6 Å². The first-order chi connectivity index (χ1) is 20.7. The second kappa shape index (κ2) is 12.7. The zero-order valence-corrected chi connectivity index (χ0v) is 24.2. The van der Waals surface area contributed by atoms with Gasteiger partial charge < -0.3 is 30.7 Å². The number of aliphatic hydroxyl groups is 1. The lowest BCUT2D eigenvalue weighted by Crippen LogP contribution is -2.33. The third kappa shape index (κ3) is 6.26. The van der Waals surface area contributed by atoms with Crippen LogP contribution < -0.4 is 10.9 Å². The molecule has 0 amide bonds. The number of hydrogen-bond donors (Lipinski definition) is 6. The fraction of sp³-hybridized carbons (Fsp3) is 0.257. The lowest BCUT2D eigenvalue weighted by Gasteiger charge is -2.18. The predicted octanol–water partition coefficient (Wildman–Crippen LogP) is 5.39. The molecule has 5 aromatic rings. The van der Waals surface area contributed by atoms with E-state index in [1.807, 2.05) is 12.1 Å². The van der Waals surface area contributed by atoms with Crippen LogP contribution in [0, 0.1) is 0 Å². The van der Waals surface area contributed by atoms with Gasteiger partial charge in [0.1, 0.15) is 17.1 Å². The summed E-state index contributed by atoms with van der Waals surface area (Å²) in [6, 6.07) is 21.5. The molecule has 8 heteroatoms. The zero-order valence-electron chi connectivity index (χ0n) is 24.2. The smallest absolute Gasteiger partial charge is 0.339 e. The number of hydrogen-bond acceptors (Lipinski definition) is 6. The van der Waals surface area contributed by atoms with Crippen LogP contribution >= 0.6 is 0 Å². The number of pyridine rings is 1. The van der Waals surface area contributed by atoms with Gasteiger partial charge in [0.2, 0.25) is 5.56 Å². The summed E-state index contributed by atoms with van der Waals surface area (Å²) in [6.07, 6.45) is 3.34. The number of rotatable bonds is 7. The van der Waals surface area contributed by atoms with Gasteiger partial charge >= 0.3 is 5.97 Å². The highest BCUT2D eigenvalue weighted by Gasteiger charge is 2.24. The highest BCUT2D eigenvalue weighted by Crippen LogP contribution is 2.31. The molecule has 0 bridgehead atoms. The third-order valence-electron chi connectivity index (χ3n) is 8.21. The quantitative estimate of drug-likeness (QED) is 0.151. The van der Waals surface area contributed by atoms with Crippen molar-refractivity contribution >= 4 is 27.6 Å². The Morgan fingerprint density at radius 2 is 1.58 bits per heavy atom. The van der Waals surface area contributed by atoms with E-state index in [2.05, 4.69) is 36.3 Å². The zero-order chi connectivity index (χ0) is 30.7. The molecule has 4 aromatic carbocycles. The summed E-state index contributed by atoms with van der Waals surface area (Å²) in [7, 11) is 0. The number of aromatic carboxylic acids is 1. The van der Waals surface area contributed by atoms with Gasteiger partial charge in [0.15, 0.2) is 0 Å². The Labute approximate surface area is 249 Å². The van der Waals surface area contributed by atoms with Crippen LogP contribution in [-0.2, 0) is 25.7 Å². The number of carboxylic acids is 1. The lowest BCUT2D eigenvalue weighted by molar-refractivity contribution is 0.0694. The molecule has 1 heterocycles. The number of fused-ring (bicyclic) bond motifs is 3. The van der Waals surface area contributed by atoms with Gasteiger partial charge in [-0.1, -0.05) is 62.4 Å². The van der Waals surface area contributed by atoms with Gasteiger partial charge in [0, 0.05) is 29.4 Å². The van der Waals surface area contributed by atoms with Gasteiger partial charge in [-0.25, -0.2) is 4.79 Å². The molecule has 222 valence electrons. The minimum Gasteiger partial charge on any atom is -0.506 e. The molecule has 1 aliphatic rings. The van der Waals surface area contributed by atoms with Crippen molar-refractivity contribution in [2.45, 2.75) is 51.7 Å². The average molecular weight is 581 g/mol. The Kier molecular flexibility index (Phi) is 8.80. The average Bonchev–Trinajstić information content (AvgIpc) is 3.41. The van der Waals surface area contributed by atoms with Crippen molar-refractivity contribution in [3.63, 3.8) is 0 Å². The van der Waals surface area contributed by atoms with E-state index >= 15 is 0 Å². The van der Waals surface area contributed by atoms with Crippen molar-refractivity contribution in [1.29, 1.82) is 0 Å². The van der Waals surface area contributed by atoms with E-state index in [4.69, 9.17) is 5.11 Å². The third-order valence-corrected chi connectivity index (χ3v) is 8.21. The second-order valence-electron chi connectivity index (χ2n) is 10.9. The summed E-state index contributed by atoms with van der Waals surface area (Å²) < 4.78 is 0. The SMILES string of the molecule is CCc1cc2c(cc1CC)CC(NCC(O)c1ccc(O)c3[nH]c(=O)ccc13)C2.O=C(O)c1ccc2ccccc2c1O. The Morgan fingerprint density at radius 3 is 2.23 bits per heavy atom. The number of aromatic nitrogens is 1. The van der Waals surface area contributed by atoms with Gasteiger partial charge in [-0.3, -0.25) is 4.79 Å². The van der Waals surface area contributed by atoms with E-state index in [0.717, 1.165) is 31.1 Å². The number of aromatic amines is 1. The number of carboxylic acid groups (broad SMARTS) is 1. The summed E-state index contributed by atoms with van der Waals surface area (Å²) in [5.41, 5.74) is 6.42. The van der Waals surface area contributed by atoms with Crippen LogP contribution in [-0.4, -0.2) is 44.0 Å². The minimum atomic E-state index is -1.12. The molecular formula is C35H36N2O6. The number of carbonyl (C=O) groups is 1. The largest absolute Gasteiger partial charge is 0.506 e. The summed E-state index contributed by atoms with van der Waals surface area (Å²) in [6.45, 7) is 4.83. The Balaban J connectivity index is 0.000000220. The monoisotopic (exact) mass is 580 g/mol. The maximum Gasteiger partial charge on any atom is 0.339 e. The molecule has 0 radical (unpaired) electrons. The molecular weight excluding hydrogens is 544 g/mol. The summed E-state index contributed by atoms with van der Waals surface area (Å²) in [4.78, 5) is 24.9. The maximum atomic E-state index is 11.6. The fourth-order valence-corrected chi connectivity index (χ4v) is 5.94. The van der Waals surface area contributed by atoms with E-state index in [9.17, 15) is 24.9 Å². The van der Waals surface area contributed by atoms with Crippen molar-refractivity contribution in [2.75, 3.05) is 6.54 Å². The molecule has 1 aromatic heterocycles. The van der Waals surface area contributed by atoms with Crippen LogP contribution in [0.5, 0.6) is 11.5 Å². The number of benzene rings is 4. The van der Waals surface area contributed by atoms with Crippen LogP contribution in [0.2, 0.25) is 0 Å². The normalized spacial score (nSPS) is 13.5. The maximum absolute atomic E-state index is 11.6. The first-order valence-electron chi connectivity index (χ1n) is 14.5. The Hall–Kier alpha value is -4.66. The summed E-state index contributed by atoms with van der Waals surface area (Å²) in [5.74, 6) is -1.28. The molecule has 0 spiro atoms. The topological polar surface area (TPSA) is 143 Å². The van der Waals surface area contributed by atoms with Crippen molar-refractivity contribution in [3.05, 3.63) is 117 Å². The van der Waals surface area contributed by atoms with Crippen LogP contribution in [0.3, 0.4) is 0 Å². The number of phenolic OH excluding ortho intramolecular Hbond substituents is 1. The Morgan fingerprint density at radius 1 is 0.907 bits per heavy atom. The standard InChI is InChI=1S/C24H28N2O3.C11H8O3/c1-3-14-9-16-11-18(12-17(16)10-15(14)4-2)25-13-22(28)19-5-7-21(27)24-20(19)6-8-23(29)26-24;12-10-8-4-2-1-3-7(8)5-6-9(10)11(13)14/h5-10,18,22,25,27-28H,3-4,11-13H2,1-2H3,(H,26,29);1-6,12H,(H,13,14). The van der Waals surface area contributed by atoms with E-state index < -0.39 is 12.1 Å². The molecule has 43 heavy (non-hydrogen) atoms. The van der Waals surface area contributed by atoms with Crippen LogP contribution in [0.25, 0.3) is 21.7 Å². The minimum absolute atomic E-state index is 0.00584. The number of nitrogens with one attached hydrogen (secondary N) is 2. The molecule has 6 rings (SSSR count). The lowest BCUT2D eigenvalue weighted by atomic mass is 9.97. The van der Waals surface area contributed by atoms with Gasteiger partial charge in [0.05, 0.1) is 11.6 Å². The molecule has 0 fully saturated rings. The fourth-order valence-electron chi connectivity index (χ4n) is 5.94. The first-order valence-corrected chi connectivity index (χ1v) is 14.5. The van der Waals surface area contributed by atoms with E-state index in [0.29, 0.717) is 34.4 Å². The predicted molar refractivity (Wildman–Crippen MR) is 168 cm³/mol. The van der Waals surface area contributed by atoms with Crippen LogP contribution in [0.4, 0.5) is 0 Å². The number of H-pyrrole nitrogens is 1. The molecule has 1 unspecified atom stereocenters. The highest BCUT2D eigenvalue weighted by atomic mass is 16.4. The molecule has 6 N–H and O–H groups in total. The highest BCUT2D eigenvalue weighted by molar-refractivity contribution is 6.00. The molecule has 1 aliphatic carbocycles. The van der Waals surface area contributed by atoms with Gasteiger partial charge in [-0.05, 0) is 77.1 Å². The first kappa shape index (κ1) is 29.8. The second-order valence-corrected chi connectivity index (χ2v) is 10.9. The van der Waals surface area contributed by atoms with Crippen LogP contribution in [0.1, 0.15) is 58.1 Å². The van der Waals surface area contributed by atoms with E-state index in [1.54, 1.807) is 30.3 Å². The number of aliphatic hydroxyl groups excluding tert-OH is 1. The Bertz CT molecular complexity index is 1830. The molecule has 0 aliphatic heterocycles. The van der Waals surface area contributed by atoms with Gasteiger partial charge in [-0.2, -0.15) is 0 Å². The number of phenols is 2. The van der Waals surface area contributed by atoms with Gasteiger partial charge in [-0.15, -0.1) is 0 Å². The van der Waals surface area contributed by atoms with E-state index in [1.165, 1.54) is 40.5 Å². The summed E-state index contributed by atoms with van der Waals surface area (Å²) >= 11 is 0. The van der Waals surface area contributed by atoms with Crippen molar-refractivity contribution in [3.8, 4) is 11.5 Å².